The van der Waals surface area contributed by atoms with Crippen LogP contribution < -0.4 is 0 Å². The molecule has 2 heteroatoms. The van der Waals surface area contributed by atoms with E-state index in [-0.39, 0.29) is 0 Å². The second-order valence-electron chi connectivity index (χ2n) is 5.79. The van der Waals surface area contributed by atoms with E-state index in [0.29, 0.717) is 17.8 Å². The van der Waals surface area contributed by atoms with Crippen LogP contribution in [0.4, 0.5) is 0 Å². The molecule has 0 heterocycles. The Labute approximate surface area is 117 Å². The lowest BCUT2D eigenvalue weighted by atomic mass is 10.0. The minimum atomic E-state index is 0.406. The first kappa shape index (κ1) is 14.4. The first-order valence-corrected chi connectivity index (χ1v) is 7.74. The van der Waals surface area contributed by atoms with Crippen LogP contribution in [0.3, 0.4) is 0 Å². The third-order valence-electron chi connectivity index (χ3n) is 4.50. The highest BCUT2D eigenvalue weighted by Gasteiger charge is 2.29. The molecule has 19 heavy (non-hydrogen) atoms. The lowest BCUT2D eigenvalue weighted by molar-refractivity contribution is 0.137. The van der Waals surface area contributed by atoms with Crippen molar-refractivity contribution in [2.24, 2.45) is 0 Å². The van der Waals surface area contributed by atoms with Crippen LogP contribution in [0.2, 0.25) is 0 Å². The van der Waals surface area contributed by atoms with Crippen LogP contribution >= 0.6 is 0 Å². The van der Waals surface area contributed by atoms with Gasteiger partial charge in [0, 0.05) is 12.1 Å². The van der Waals surface area contributed by atoms with Gasteiger partial charge >= 0.3 is 0 Å². The number of phenols is 1. The van der Waals surface area contributed by atoms with Crippen molar-refractivity contribution < 1.29 is 5.11 Å². The maximum atomic E-state index is 9.60. The van der Waals surface area contributed by atoms with Gasteiger partial charge in [-0.25, -0.2) is 0 Å². The van der Waals surface area contributed by atoms with E-state index in [1.54, 1.807) is 0 Å². The quantitative estimate of drug-likeness (QED) is 0.826. The predicted octanol–water partition coefficient (Wildman–Crippen LogP) is 4.28. The maximum Gasteiger partial charge on any atom is 0.115 e. The van der Waals surface area contributed by atoms with Gasteiger partial charge in [0.2, 0.25) is 0 Å². The van der Waals surface area contributed by atoms with Crippen LogP contribution in [0.25, 0.3) is 0 Å². The van der Waals surface area contributed by atoms with Gasteiger partial charge in [-0.15, -0.1) is 0 Å². The Balaban J connectivity index is 2.20. The average Bonchev–Trinajstić information content (AvgIpc) is 2.81. The molecule has 0 spiro atoms. The van der Waals surface area contributed by atoms with Crippen molar-refractivity contribution in [3.05, 3.63) is 29.3 Å². The van der Waals surface area contributed by atoms with E-state index in [2.05, 4.69) is 31.7 Å². The second-order valence-corrected chi connectivity index (χ2v) is 5.79. The van der Waals surface area contributed by atoms with Crippen molar-refractivity contribution in [3.63, 3.8) is 0 Å². The molecule has 1 N–H and O–H groups in total. The molecule has 0 radical (unpaired) electrons. The summed E-state index contributed by atoms with van der Waals surface area (Å²) in [5.41, 5.74) is 2.78. The van der Waals surface area contributed by atoms with Crippen LogP contribution in [0.5, 0.6) is 5.75 Å². The highest BCUT2D eigenvalue weighted by molar-refractivity contribution is 5.40. The fourth-order valence-electron chi connectivity index (χ4n) is 3.18. The average molecular weight is 261 g/mol. The lowest BCUT2D eigenvalue weighted by Gasteiger charge is -2.34. The fraction of sp³-hybridized carbons (Fsp3) is 0.647. The number of fused-ring (bicyclic) bond motifs is 1. The molecule has 2 rings (SSSR count). The fourth-order valence-corrected chi connectivity index (χ4v) is 3.18. The molecule has 2 atom stereocenters. The summed E-state index contributed by atoms with van der Waals surface area (Å²) in [7, 11) is 0. The molecule has 0 saturated carbocycles. The Bertz CT molecular complexity index is 416. The van der Waals surface area contributed by atoms with Crippen LogP contribution in [-0.2, 0) is 6.42 Å². The summed E-state index contributed by atoms with van der Waals surface area (Å²) in [6, 6.07) is 7.10. The first-order chi connectivity index (χ1) is 9.17. The van der Waals surface area contributed by atoms with Crippen molar-refractivity contribution >= 4 is 0 Å². The standard InChI is InChI=1S/C17H27NO/c1-4-6-11-18(13(3)5-2)17-10-7-14-12-15(19)8-9-16(14)17/h8-9,12-13,17,19H,4-7,10-11H2,1-3H3. The zero-order chi connectivity index (χ0) is 13.8. The van der Waals surface area contributed by atoms with Crippen LogP contribution in [0.15, 0.2) is 18.2 Å². The molecular formula is C17H27NO. The molecule has 0 fully saturated rings. The second kappa shape index (κ2) is 6.42. The third-order valence-corrected chi connectivity index (χ3v) is 4.50. The minimum Gasteiger partial charge on any atom is -0.508 e. The monoisotopic (exact) mass is 261 g/mol. The van der Waals surface area contributed by atoms with Crippen molar-refractivity contribution in [1.82, 2.24) is 4.90 Å². The van der Waals surface area contributed by atoms with Gasteiger partial charge in [0.05, 0.1) is 0 Å². The molecule has 1 aliphatic rings. The normalized spacial score (nSPS) is 19.7. The van der Waals surface area contributed by atoms with Gasteiger partial charge in [0.25, 0.3) is 0 Å². The number of aromatic hydroxyl groups is 1. The number of unbranched alkanes of at least 4 members (excludes halogenated alkanes) is 1. The first-order valence-electron chi connectivity index (χ1n) is 7.74. The van der Waals surface area contributed by atoms with E-state index >= 15 is 0 Å². The van der Waals surface area contributed by atoms with Gasteiger partial charge in [0.1, 0.15) is 5.75 Å². The van der Waals surface area contributed by atoms with Crippen LogP contribution in [-0.4, -0.2) is 22.6 Å². The molecule has 106 valence electrons. The van der Waals surface area contributed by atoms with Crippen molar-refractivity contribution in [1.29, 1.82) is 0 Å². The molecule has 0 aliphatic heterocycles. The smallest absolute Gasteiger partial charge is 0.115 e. The Hall–Kier alpha value is -1.02. The number of phenolic OH excluding ortho intramolecular Hbond substituents is 1. The van der Waals surface area contributed by atoms with E-state index in [9.17, 15) is 5.11 Å². The highest BCUT2D eigenvalue weighted by Crippen LogP contribution is 2.38. The van der Waals surface area contributed by atoms with E-state index in [1.807, 2.05) is 12.1 Å². The summed E-state index contributed by atoms with van der Waals surface area (Å²) in [4.78, 5) is 2.67. The van der Waals surface area contributed by atoms with E-state index < -0.39 is 0 Å². The van der Waals surface area contributed by atoms with Gasteiger partial charge in [-0.3, -0.25) is 4.90 Å². The molecule has 1 aromatic carbocycles. The van der Waals surface area contributed by atoms with Crippen molar-refractivity contribution in [2.75, 3.05) is 6.54 Å². The number of hydrogen-bond acceptors (Lipinski definition) is 2. The summed E-state index contributed by atoms with van der Waals surface area (Å²) >= 11 is 0. The predicted molar refractivity (Wildman–Crippen MR) is 80.5 cm³/mol. The van der Waals surface area contributed by atoms with Crippen molar-refractivity contribution in [3.8, 4) is 5.75 Å². The summed E-state index contributed by atoms with van der Waals surface area (Å²) in [6.07, 6.45) is 6.03. The number of hydrogen-bond donors (Lipinski definition) is 1. The van der Waals surface area contributed by atoms with Gasteiger partial charge < -0.3 is 5.11 Å². The highest BCUT2D eigenvalue weighted by atomic mass is 16.3. The van der Waals surface area contributed by atoms with E-state index in [4.69, 9.17) is 0 Å². The number of benzene rings is 1. The van der Waals surface area contributed by atoms with Gasteiger partial charge in [0.15, 0.2) is 0 Å². The number of rotatable bonds is 6. The van der Waals surface area contributed by atoms with Crippen molar-refractivity contribution in [2.45, 2.75) is 65.0 Å². The molecule has 0 aromatic heterocycles. The molecule has 1 aliphatic carbocycles. The minimum absolute atomic E-state index is 0.406. The van der Waals surface area contributed by atoms with E-state index in [0.717, 1.165) is 6.42 Å². The third kappa shape index (κ3) is 3.11. The maximum absolute atomic E-state index is 9.60. The van der Waals surface area contributed by atoms with Gasteiger partial charge in [-0.2, -0.15) is 0 Å². The van der Waals surface area contributed by atoms with E-state index in [1.165, 1.54) is 43.4 Å². The Morgan fingerprint density at radius 1 is 1.37 bits per heavy atom. The summed E-state index contributed by atoms with van der Waals surface area (Å²) in [5.74, 6) is 0.406. The molecular weight excluding hydrogens is 234 g/mol. The lowest BCUT2D eigenvalue weighted by Crippen LogP contribution is -2.36. The van der Waals surface area contributed by atoms with Crippen LogP contribution in [0, 0.1) is 0 Å². The zero-order valence-corrected chi connectivity index (χ0v) is 12.5. The number of nitrogens with zero attached hydrogens (tertiary/aromatic N) is 1. The van der Waals surface area contributed by atoms with Crippen LogP contribution in [0.1, 0.15) is 63.6 Å². The SMILES string of the molecule is CCCCN(C(C)CC)C1CCc2cc(O)ccc21. The largest absolute Gasteiger partial charge is 0.508 e. The molecule has 2 nitrogen and oxygen atoms in total. The summed E-state index contributed by atoms with van der Waals surface area (Å²) < 4.78 is 0. The molecule has 0 bridgehead atoms. The molecule has 0 amide bonds. The topological polar surface area (TPSA) is 23.5 Å². The van der Waals surface area contributed by atoms with Gasteiger partial charge in [-0.05, 0) is 62.4 Å². The summed E-state index contributed by atoms with van der Waals surface area (Å²) in [5, 5.41) is 9.60. The number of aryl methyl sites for hydroxylation is 1. The van der Waals surface area contributed by atoms with Gasteiger partial charge in [-0.1, -0.05) is 26.3 Å². The Morgan fingerprint density at radius 2 is 2.16 bits per heavy atom. The summed E-state index contributed by atoms with van der Waals surface area (Å²) in [6.45, 7) is 8.07. The molecule has 1 aromatic rings. The Kier molecular flexibility index (Phi) is 4.87. The zero-order valence-electron chi connectivity index (χ0n) is 12.5. The molecule has 0 saturated heterocycles. The molecule has 2 unspecified atom stereocenters. The Morgan fingerprint density at radius 3 is 2.84 bits per heavy atom.